The number of hydrogen-bond acceptors (Lipinski definition) is 3. The minimum absolute atomic E-state index is 0.0334. The Hall–Kier alpha value is -4.71. The van der Waals surface area contributed by atoms with Crippen LogP contribution in [0.5, 0.6) is 0 Å². The fraction of sp³-hybridized carbons (Fsp3) is 0.0690. The Labute approximate surface area is 203 Å². The van der Waals surface area contributed by atoms with Crippen molar-refractivity contribution in [2.24, 2.45) is 5.73 Å². The maximum atomic E-state index is 13.7. The quantitative estimate of drug-likeness (QED) is 0.239. The van der Waals surface area contributed by atoms with E-state index in [0.717, 1.165) is 27.6 Å². The molecule has 5 aromatic rings. The predicted molar refractivity (Wildman–Crippen MR) is 138 cm³/mol. The molecule has 6 heteroatoms. The topological polar surface area (TPSA) is 96.8 Å². The highest BCUT2D eigenvalue weighted by Crippen LogP contribution is 2.25. The molecule has 0 aliphatic carbocycles. The van der Waals surface area contributed by atoms with Crippen molar-refractivity contribution in [2.75, 3.05) is 0 Å². The van der Waals surface area contributed by atoms with Crippen molar-refractivity contribution in [2.45, 2.75) is 12.6 Å². The molecule has 2 heterocycles. The molecule has 0 radical (unpaired) electrons. The van der Waals surface area contributed by atoms with E-state index in [0.29, 0.717) is 17.8 Å². The SMILES string of the molecule is N=C(N)c1ccc(Cn2c(C(=O)NC(c3ccccc3)c3ccncc3)cc3ccccc32)cc1. The Morgan fingerprint density at radius 3 is 2.26 bits per heavy atom. The molecule has 3 aromatic carbocycles. The monoisotopic (exact) mass is 459 g/mol. The lowest BCUT2D eigenvalue weighted by atomic mass is 9.99. The highest BCUT2D eigenvalue weighted by atomic mass is 16.2. The van der Waals surface area contributed by atoms with Gasteiger partial charge in [0.25, 0.3) is 5.91 Å². The summed E-state index contributed by atoms with van der Waals surface area (Å²) >= 11 is 0. The molecule has 0 aliphatic rings. The summed E-state index contributed by atoms with van der Waals surface area (Å²) in [6.45, 7) is 0.514. The number of aromatic nitrogens is 2. The van der Waals surface area contributed by atoms with Crippen molar-refractivity contribution < 1.29 is 4.79 Å². The van der Waals surface area contributed by atoms with Crippen molar-refractivity contribution in [1.82, 2.24) is 14.9 Å². The predicted octanol–water partition coefficient (Wildman–Crippen LogP) is 4.89. The lowest BCUT2D eigenvalue weighted by molar-refractivity contribution is 0.0934. The molecule has 1 unspecified atom stereocenters. The van der Waals surface area contributed by atoms with Gasteiger partial charge in [-0.3, -0.25) is 15.2 Å². The fourth-order valence-electron chi connectivity index (χ4n) is 4.31. The zero-order valence-electron chi connectivity index (χ0n) is 19.1. The summed E-state index contributed by atoms with van der Waals surface area (Å²) in [4.78, 5) is 17.9. The van der Waals surface area contributed by atoms with E-state index in [1.165, 1.54) is 0 Å². The number of pyridine rings is 1. The van der Waals surface area contributed by atoms with Gasteiger partial charge in [0.05, 0.1) is 6.04 Å². The number of nitrogens with zero attached hydrogens (tertiary/aromatic N) is 2. The normalized spacial score (nSPS) is 11.8. The Bertz CT molecular complexity index is 1440. The average molecular weight is 460 g/mol. The van der Waals surface area contributed by atoms with Crippen LogP contribution in [0.4, 0.5) is 0 Å². The number of nitrogen functional groups attached to an aromatic ring is 1. The van der Waals surface area contributed by atoms with Crippen molar-refractivity contribution in [3.05, 3.63) is 137 Å². The largest absolute Gasteiger partial charge is 0.384 e. The molecule has 35 heavy (non-hydrogen) atoms. The maximum absolute atomic E-state index is 13.7. The van der Waals surface area contributed by atoms with Gasteiger partial charge in [-0.05, 0) is 41.0 Å². The molecule has 0 saturated carbocycles. The van der Waals surface area contributed by atoms with Gasteiger partial charge in [-0.1, -0.05) is 72.8 Å². The molecule has 0 fully saturated rings. The fourth-order valence-corrected chi connectivity index (χ4v) is 4.31. The summed E-state index contributed by atoms with van der Waals surface area (Å²) in [7, 11) is 0. The van der Waals surface area contributed by atoms with Gasteiger partial charge < -0.3 is 15.6 Å². The van der Waals surface area contributed by atoms with E-state index < -0.39 is 0 Å². The molecule has 0 spiro atoms. The second-order valence-electron chi connectivity index (χ2n) is 8.38. The molecule has 0 aliphatic heterocycles. The van der Waals surface area contributed by atoms with E-state index in [1.54, 1.807) is 12.4 Å². The van der Waals surface area contributed by atoms with Crippen LogP contribution in [-0.2, 0) is 6.54 Å². The van der Waals surface area contributed by atoms with Crippen molar-refractivity contribution in [3.8, 4) is 0 Å². The molecule has 6 nitrogen and oxygen atoms in total. The second kappa shape index (κ2) is 9.65. The van der Waals surface area contributed by atoms with Gasteiger partial charge in [-0.2, -0.15) is 0 Å². The van der Waals surface area contributed by atoms with Gasteiger partial charge in [-0.25, -0.2) is 0 Å². The highest BCUT2D eigenvalue weighted by Gasteiger charge is 2.21. The molecular weight excluding hydrogens is 434 g/mol. The van der Waals surface area contributed by atoms with E-state index in [4.69, 9.17) is 11.1 Å². The minimum atomic E-state index is -0.312. The van der Waals surface area contributed by atoms with E-state index >= 15 is 0 Å². The summed E-state index contributed by atoms with van der Waals surface area (Å²) in [6.07, 6.45) is 3.47. The first-order valence-electron chi connectivity index (χ1n) is 11.4. The summed E-state index contributed by atoms with van der Waals surface area (Å²) in [5, 5.41) is 11.9. The van der Waals surface area contributed by atoms with Gasteiger partial charge in [0.1, 0.15) is 11.5 Å². The minimum Gasteiger partial charge on any atom is -0.384 e. The molecule has 0 bridgehead atoms. The lowest BCUT2D eigenvalue weighted by Gasteiger charge is -2.20. The number of nitrogens with one attached hydrogen (secondary N) is 2. The van der Waals surface area contributed by atoms with E-state index in [-0.39, 0.29) is 17.8 Å². The molecule has 172 valence electrons. The van der Waals surface area contributed by atoms with Crippen molar-refractivity contribution in [3.63, 3.8) is 0 Å². The van der Waals surface area contributed by atoms with Crippen molar-refractivity contribution >= 4 is 22.6 Å². The molecule has 1 amide bonds. The van der Waals surface area contributed by atoms with Crippen LogP contribution in [0.15, 0.2) is 109 Å². The molecule has 0 saturated heterocycles. The summed E-state index contributed by atoms with van der Waals surface area (Å²) in [5.41, 5.74) is 10.8. The summed E-state index contributed by atoms with van der Waals surface area (Å²) < 4.78 is 2.03. The van der Waals surface area contributed by atoms with Crippen LogP contribution in [0.1, 0.15) is 38.8 Å². The zero-order chi connectivity index (χ0) is 24.2. The third kappa shape index (κ3) is 4.68. The number of benzene rings is 3. The Balaban J connectivity index is 1.52. The van der Waals surface area contributed by atoms with E-state index in [1.807, 2.05) is 102 Å². The molecular formula is C29H25N5O. The Morgan fingerprint density at radius 1 is 0.886 bits per heavy atom. The van der Waals surface area contributed by atoms with Gasteiger partial charge in [0.2, 0.25) is 0 Å². The van der Waals surface area contributed by atoms with E-state index in [2.05, 4.69) is 10.3 Å². The number of hydrogen-bond donors (Lipinski definition) is 3. The zero-order valence-corrected chi connectivity index (χ0v) is 19.1. The van der Waals surface area contributed by atoms with Crippen LogP contribution in [0.25, 0.3) is 10.9 Å². The van der Waals surface area contributed by atoms with Crippen LogP contribution in [0.2, 0.25) is 0 Å². The molecule has 5 rings (SSSR count). The summed E-state index contributed by atoms with van der Waals surface area (Å²) in [6, 6.07) is 30.9. The first kappa shape index (κ1) is 22.1. The average Bonchev–Trinajstić information content (AvgIpc) is 3.27. The molecule has 1 atom stereocenters. The van der Waals surface area contributed by atoms with E-state index in [9.17, 15) is 4.79 Å². The first-order valence-corrected chi connectivity index (χ1v) is 11.4. The number of carbonyl (C=O) groups is 1. The number of para-hydroxylation sites is 1. The first-order chi connectivity index (χ1) is 17.1. The number of carbonyl (C=O) groups excluding carboxylic acids is 1. The number of fused-ring (bicyclic) bond motifs is 1. The number of amides is 1. The maximum Gasteiger partial charge on any atom is 0.268 e. The molecule has 2 aromatic heterocycles. The standard InChI is InChI=1S/C29H25N5O/c30-28(31)23-12-10-20(11-13-23)19-34-25-9-5-4-8-24(25)18-26(34)29(35)33-27(21-6-2-1-3-7-21)22-14-16-32-17-15-22/h1-18,27H,19H2,(H3,30,31)(H,33,35). The van der Waals surface area contributed by atoms with Crippen LogP contribution in [-0.4, -0.2) is 21.3 Å². The lowest BCUT2D eigenvalue weighted by Crippen LogP contribution is -2.31. The highest BCUT2D eigenvalue weighted by molar-refractivity contribution is 5.99. The van der Waals surface area contributed by atoms with Gasteiger partial charge >= 0.3 is 0 Å². The Morgan fingerprint density at radius 2 is 1.54 bits per heavy atom. The smallest absolute Gasteiger partial charge is 0.268 e. The summed E-state index contributed by atoms with van der Waals surface area (Å²) in [5.74, 6) is -0.127. The molecule has 4 N–H and O–H groups in total. The van der Waals surface area contributed by atoms with Crippen LogP contribution >= 0.6 is 0 Å². The second-order valence-corrected chi connectivity index (χ2v) is 8.38. The van der Waals surface area contributed by atoms with Crippen LogP contribution in [0.3, 0.4) is 0 Å². The third-order valence-corrected chi connectivity index (χ3v) is 6.10. The number of nitrogens with two attached hydrogens (primary N) is 1. The number of amidine groups is 1. The number of rotatable bonds is 7. The van der Waals surface area contributed by atoms with Crippen molar-refractivity contribution in [1.29, 1.82) is 5.41 Å². The van der Waals surface area contributed by atoms with Gasteiger partial charge in [0, 0.05) is 35.4 Å². The Kier molecular flexibility index (Phi) is 6.09. The third-order valence-electron chi connectivity index (χ3n) is 6.10. The van der Waals surface area contributed by atoms with Crippen LogP contribution < -0.4 is 11.1 Å². The van der Waals surface area contributed by atoms with Gasteiger partial charge in [0.15, 0.2) is 0 Å². The van der Waals surface area contributed by atoms with Gasteiger partial charge in [-0.15, -0.1) is 0 Å². The van der Waals surface area contributed by atoms with Crippen LogP contribution in [0, 0.1) is 5.41 Å².